The minimum atomic E-state index is 0.597. The predicted octanol–water partition coefficient (Wildman–Crippen LogP) is 1.72. The maximum atomic E-state index is 4.31. The van der Waals surface area contributed by atoms with Crippen LogP contribution in [0.2, 0.25) is 0 Å². The Morgan fingerprint density at radius 3 is 2.62 bits per heavy atom. The maximum Gasteiger partial charge on any atom is 0.148 e. The van der Waals surface area contributed by atoms with Crippen molar-refractivity contribution < 1.29 is 0 Å². The number of piperidine rings is 1. The lowest BCUT2D eigenvalue weighted by Gasteiger charge is -2.28. The van der Waals surface area contributed by atoms with E-state index >= 15 is 0 Å². The third kappa shape index (κ3) is 2.70. The van der Waals surface area contributed by atoms with E-state index in [1.807, 2.05) is 6.07 Å². The van der Waals surface area contributed by atoms with Crippen molar-refractivity contribution in [2.24, 2.45) is 0 Å². The molecule has 88 valence electrons. The number of likely N-dealkylation sites (tertiary alicyclic amines) is 1. The molecule has 16 heavy (non-hydrogen) atoms. The molecule has 1 N–H and O–H groups in total. The second-order valence-corrected chi connectivity index (χ2v) is 4.45. The van der Waals surface area contributed by atoms with Gasteiger partial charge in [0.1, 0.15) is 5.82 Å². The highest BCUT2D eigenvalue weighted by Crippen LogP contribution is 2.25. The molecule has 0 unspecified atom stereocenters. The van der Waals surface area contributed by atoms with Gasteiger partial charge in [-0.05, 0) is 52.0 Å². The van der Waals surface area contributed by atoms with Gasteiger partial charge in [0.2, 0.25) is 0 Å². The number of hydrogen-bond acceptors (Lipinski definition) is 4. The average molecular weight is 220 g/mol. The van der Waals surface area contributed by atoms with E-state index in [9.17, 15) is 0 Å². The molecule has 1 aromatic rings. The van der Waals surface area contributed by atoms with Crippen molar-refractivity contribution in [2.75, 3.05) is 32.0 Å². The van der Waals surface area contributed by atoms with Gasteiger partial charge in [-0.1, -0.05) is 0 Å². The van der Waals surface area contributed by atoms with Crippen LogP contribution in [0.1, 0.15) is 31.4 Å². The molecular formula is C12H20N4. The van der Waals surface area contributed by atoms with Gasteiger partial charge in [-0.25, -0.2) is 0 Å². The van der Waals surface area contributed by atoms with Gasteiger partial charge in [-0.2, -0.15) is 5.10 Å². The summed E-state index contributed by atoms with van der Waals surface area (Å²) in [5.41, 5.74) is 1.15. The highest BCUT2D eigenvalue weighted by Gasteiger charge is 2.19. The lowest BCUT2D eigenvalue weighted by atomic mass is 9.94. The summed E-state index contributed by atoms with van der Waals surface area (Å²) in [6.45, 7) is 5.29. The normalized spacial score (nSPS) is 18.6. The summed E-state index contributed by atoms with van der Waals surface area (Å²) in [6, 6.07) is 4.14. The summed E-state index contributed by atoms with van der Waals surface area (Å²) in [7, 11) is 2.18. The molecule has 1 aliphatic rings. The summed E-state index contributed by atoms with van der Waals surface area (Å²) >= 11 is 0. The Morgan fingerprint density at radius 2 is 2.06 bits per heavy atom. The molecule has 0 atom stereocenters. The number of aromatic nitrogens is 2. The highest BCUT2D eigenvalue weighted by molar-refractivity contribution is 5.33. The molecule has 0 aliphatic carbocycles. The average Bonchev–Trinajstić information content (AvgIpc) is 2.32. The van der Waals surface area contributed by atoms with E-state index in [2.05, 4.69) is 40.5 Å². The quantitative estimate of drug-likeness (QED) is 0.842. The topological polar surface area (TPSA) is 41.0 Å². The predicted molar refractivity (Wildman–Crippen MR) is 65.7 cm³/mol. The van der Waals surface area contributed by atoms with Crippen LogP contribution in [0, 0.1) is 0 Å². The van der Waals surface area contributed by atoms with Gasteiger partial charge in [0.05, 0.1) is 5.69 Å². The highest BCUT2D eigenvalue weighted by atomic mass is 15.2. The van der Waals surface area contributed by atoms with Gasteiger partial charge >= 0.3 is 0 Å². The minimum absolute atomic E-state index is 0.597. The van der Waals surface area contributed by atoms with Crippen molar-refractivity contribution in [2.45, 2.75) is 25.7 Å². The van der Waals surface area contributed by atoms with E-state index in [1.165, 1.54) is 25.9 Å². The molecule has 0 amide bonds. The zero-order valence-electron chi connectivity index (χ0n) is 10.1. The number of nitrogens with zero attached hydrogens (tertiary/aromatic N) is 3. The Morgan fingerprint density at radius 1 is 1.31 bits per heavy atom. The van der Waals surface area contributed by atoms with Crippen molar-refractivity contribution in [1.82, 2.24) is 15.1 Å². The van der Waals surface area contributed by atoms with Gasteiger partial charge in [0.25, 0.3) is 0 Å². The number of anilines is 1. The Hall–Kier alpha value is -1.16. The summed E-state index contributed by atoms with van der Waals surface area (Å²) in [4.78, 5) is 2.37. The first-order chi connectivity index (χ1) is 7.79. The standard InChI is InChI=1S/C12H20N4/c1-3-13-12-5-4-11(14-15-12)10-6-8-16(2)9-7-10/h4-5,10H,3,6-9H2,1-2H3,(H,13,15). The molecule has 0 bridgehead atoms. The fourth-order valence-electron chi connectivity index (χ4n) is 2.14. The second kappa shape index (κ2) is 5.25. The SMILES string of the molecule is CCNc1ccc(C2CCN(C)CC2)nn1. The van der Waals surface area contributed by atoms with Crippen LogP contribution >= 0.6 is 0 Å². The van der Waals surface area contributed by atoms with Crippen LogP contribution in [0.25, 0.3) is 0 Å². The minimum Gasteiger partial charge on any atom is -0.369 e. The molecule has 1 aliphatic heterocycles. The summed E-state index contributed by atoms with van der Waals surface area (Å²) in [6.07, 6.45) is 2.40. The van der Waals surface area contributed by atoms with Crippen molar-refractivity contribution >= 4 is 5.82 Å². The molecule has 1 saturated heterocycles. The van der Waals surface area contributed by atoms with Crippen molar-refractivity contribution in [3.8, 4) is 0 Å². The Labute approximate surface area is 97.1 Å². The van der Waals surface area contributed by atoms with E-state index in [-0.39, 0.29) is 0 Å². The van der Waals surface area contributed by atoms with E-state index in [1.54, 1.807) is 0 Å². The molecule has 0 radical (unpaired) electrons. The monoisotopic (exact) mass is 220 g/mol. The van der Waals surface area contributed by atoms with E-state index in [0.29, 0.717) is 5.92 Å². The summed E-state index contributed by atoms with van der Waals surface area (Å²) in [5.74, 6) is 1.47. The summed E-state index contributed by atoms with van der Waals surface area (Å²) in [5, 5.41) is 11.7. The first kappa shape index (κ1) is 11.3. The molecular weight excluding hydrogens is 200 g/mol. The van der Waals surface area contributed by atoms with Crippen molar-refractivity contribution in [1.29, 1.82) is 0 Å². The van der Waals surface area contributed by atoms with Gasteiger partial charge < -0.3 is 10.2 Å². The van der Waals surface area contributed by atoms with E-state index in [4.69, 9.17) is 0 Å². The first-order valence-electron chi connectivity index (χ1n) is 6.05. The number of hydrogen-bond donors (Lipinski definition) is 1. The van der Waals surface area contributed by atoms with Crippen molar-refractivity contribution in [3.05, 3.63) is 17.8 Å². The fourth-order valence-corrected chi connectivity index (χ4v) is 2.14. The Bertz CT molecular complexity index is 314. The molecule has 0 spiro atoms. The van der Waals surface area contributed by atoms with Gasteiger partial charge in [0.15, 0.2) is 0 Å². The molecule has 0 saturated carbocycles. The van der Waals surface area contributed by atoms with Crippen LogP contribution < -0.4 is 5.32 Å². The zero-order valence-corrected chi connectivity index (χ0v) is 10.1. The van der Waals surface area contributed by atoms with Crippen LogP contribution in [0.5, 0.6) is 0 Å². The molecule has 1 fully saturated rings. The zero-order chi connectivity index (χ0) is 11.4. The van der Waals surface area contributed by atoms with Crippen LogP contribution in [-0.4, -0.2) is 41.8 Å². The van der Waals surface area contributed by atoms with Crippen molar-refractivity contribution in [3.63, 3.8) is 0 Å². The molecule has 2 rings (SSSR count). The maximum absolute atomic E-state index is 4.31. The lowest BCUT2D eigenvalue weighted by Crippen LogP contribution is -2.29. The van der Waals surface area contributed by atoms with Crippen LogP contribution in [0.15, 0.2) is 12.1 Å². The van der Waals surface area contributed by atoms with E-state index < -0.39 is 0 Å². The number of nitrogens with one attached hydrogen (secondary N) is 1. The number of rotatable bonds is 3. The molecule has 1 aromatic heterocycles. The van der Waals surface area contributed by atoms with Gasteiger partial charge in [-0.3, -0.25) is 0 Å². The van der Waals surface area contributed by atoms with Crippen LogP contribution in [0.3, 0.4) is 0 Å². The molecule has 4 nitrogen and oxygen atoms in total. The third-order valence-electron chi connectivity index (χ3n) is 3.18. The van der Waals surface area contributed by atoms with Crippen LogP contribution in [-0.2, 0) is 0 Å². The molecule has 0 aromatic carbocycles. The van der Waals surface area contributed by atoms with E-state index in [0.717, 1.165) is 18.1 Å². The Kier molecular flexibility index (Phi) is 3.72. The fraction of sp³-hybridized carbons (Fsp3) is 0.667. The third-order valence-corrected chi connectivity index (χ3v) is 3.18. The smallest absolute Gasteiger partial charge is 0.148 e. The largest absolute Gasteiger partial charge is 0.369 e. The van der Waals surface area contributed by atoms with Crippen LogP contribution in [0.4, 0.5) is 5.82 Å². The summed E-state index contributed by atoms with van der Waals surface area (Å²) < 4.78 is 0. The first-order valence-corrected chi connectivity index (χ1v) is 6.05. The second-order valence-electron chi connectivity index (χ2n) is 4.45. The van der Waals surface area contributed by atoms with Gasteiger partial charge in [-0.15, -0.1) is 5.10 Å². The lowest BCUT2D eigenvalue weighted by molar-refractivity contribution is 0.253. The molecule has 2 heterocycles. The Balaban J connectivity index is 1.98. The van der Waals surface area contributed by atoms with Gasteiger partial charge in [0, 0.05) is 12.5 Å². The molecule has 4 heteroatoms.